The predicted octanol–water partition coefficient (Wildman–Crippen LogP) is 3.71. The minimum Gasteiger partial charge on any atom is -0.504 e. The van der Waals surface area contributed by atoms with Crippen molar-refractivity contribution in [3.63, 3.8) is 0 Å². The Hall–Kier alpha value is -1.18. The monoisotopic (exact) mass is 210 g/mol. The first-order chi connectivity index (χ1) is 6.88. The van der Waals surface area contributed by atoms with Crippen molar-refractivity contribution in [1.82, 2.24) is 0 Å². The van der Waals surface area contributed by atoms with Crippen LogP contribution in [0.15, 0.2) is 18.2 Å². The fourth-order valence-electron chi connectivity index (χ4n) is 1.29. The Morgan fingerprint density at radius 3 is 1.93 bits per heavy atom. The lowest BCUT2D eigenvalue weighted by molar-refractivity contribution is 0.394. The van der Waals surface area contributed by atoms with E-state index in [0.29, 0.717) is 0 Å². The molecule has 0 unspecified atom stereocenters. The third kappa shape index (κ3) is 5.31. The number of phenolic OH excluding ortho intramolecular Hbond substituents is 2. The van der Waals surface area contributed by atoms with Gasteiger partial charge in [0.15, 0.2) is 11.5 Å². The Balaban J connectivity index is 0.000000921. The molecule has 0 bridgehead atoms. The number of aromatic hydroxyl groups is 2. The van der Waals surface area contributed by atoms with Crippen molar-refractivity contribution < 1.29 is 10.2 Å². The molecule has 0 spiro atoms. The molecule has 2 N–H and O–H groups in total. The highest BCUT2D eigenvalue weighted by atomic mass is 16.3. The lowest BCUT2D eigenvalue weighted by Gasteiger charge is -2.18. The Labute approximate surface area is 92.6 Å². The number of hydrogen-bond donors (Lipinski definition) is 2. The maximum absolute atomic E-state index is 9.25. The standard InChI is InChI=1S/C11H16O2.C2H6/c1-11(2,3)7-8-4-5-9(12)10(13)6-8;1-2/h4-6,12-13H,7H2,1-3H3;1-2H3. The van der Waals surface area contributed by atoms with Gasteiger partial charge in [0.05, 0.1) is 0 Å². The molecule has 15 heavy (non-hydrogen) atoms. The van der Waals surface area contributed by atoms with Crippen LogP contribution in [0.25, 0.3) is 0 Å². The molecule has 0 aliphatic carbocycles. The van der Waals surface area contributed by atoms with Crippen molar-refractivity contribution in [2.75, 3.05) is 0 Å². The number of hydrogen-bond acceptors (Lipinski definition) is 2. The summed E-state index contributed by atoms with van der Waals surface area (Å²) in [6, 6.07) is 4.97. The molecule has 0 radical (unpaired) electrons. The average Bonchev–Trinajstić information content (AvgIpc) is 2.12. The third-order valence-electron chi connectivity index (χ3n) is 1.77. The lowest BCUT2D eigenvalue weighted by atomic mass is 9.88. The quantitative estimate of drug-likeness (QED) is 0.694. The van der Waals surface area contributed by atoms with Crippen molar-refractivity contribution in [1.29, 1.82) is 0 Å². The Kier molecular flexibility index (Phi) is 5.20. The molecule has 1 aromatic rings. The fraction of sp³-hybridized carbons (Fsp3) is 0.538. The largest absolute Gasteiger partial charge is 0.504 e. The molecule has 0 amide bonds. The first-order valence-corrected chi connectivity index (χ1v) is 5.39. The minimum atomic E-state index is -0.0577. The van der Waals surface area contributed by atoms with Crippen LogP contribution in [-0.4, -0.2) is 10.2 Å². The molecule has 0 aliphatic heterocycles. The zero-order chi connectivity index (χ0) is 12.1. The van der Waals surface area contributed by atoms with Gasteiger partial charge in [-0.1, -0.05) is 40.7 Å². The van der Waals surface area contributed by atoms with Crippen LogP contribution >= 0.6 is 0 Å². The summed E-state index contributed by atoms with van der Waals surface area (Å²) < 4.78 is 0. The van der Waals surface area contributed by atoms with Gasteiger partial charge in [-0.2, -0.15) is 0 Å². The van der Waals surface area contributed by atoms with E-state index in [2.05, 4.69) is 20.8 Å². The van der Waals surface area contributed by atoms with E-state index in [4.69, 9.17) is 5.11 Å². The molecule has 86 valence electrons. The van der Waals surface area contributed by atoms with Crippen molar-refractivity contribution in [3.05, 3.63) is 23.8 Å². The molecule has 2 nitrogen and oxygen atoms in total. The van der Waals surface area contributed by atoms with Gasteiger partial charge in [0.25, 0.3) is 0 Å². The van der Waals surface area contributed by atoms with Gasteiger partial charge in [-0.05, 0) is 29.5 Å². The zero-order valence-electron chi connectivity index (χ0n) is 10.3. The van der Waals surface area contributed by atoms with Gasteiger partial charge in [-0.15, -0.1) is 0 Å². The minimum absolute atomic E-state index is 0.0400. The van der Waals surface area contributed by atoms with Crippen LogP contribution in [0.1, 0.15) is 40.2 Å². The zero-order valence-corrected chi connectivity index (χ0v) is 10.3. The van der Waals surface area contributed by atoms with Gasteiger partial charge >= 0.3 is 0 Å². The van der Waals surface area contributed by atoms with Crippen LogP contribution in [0.2, 0.25) is 0 Å². The van der Waals surface area contributed by atoms with E-state index in [-0.39, 0.29) is 16.9 Å². The summed E-state index contributed by atoms with van der Waals surface area (Å²) >= 11 is 0. The van der Waals surface area contributed by atoms with E-state index < -0.39 is 0 Å². The van der Waals surface area contributed by atoms with Crippen LogP contribution in [0, 0.1) is 5.41 Å². The first-order valence-electron chi connectivity index (χ1n) is 5.39. The number of rotatable bonds is 1. The highest BCUT2D eigenvalue weighted by molar-refractivity contribution is 5.40. The molecule has 0 aliphatic rings. The van der Waals surface area contributed by atoms with Crippen molar-refractivity contribution in [2.24, 2.45) is 5.41 Å². The average molecular weight is 210 g/mol. The molecule has 0 aromatic heterocycles. The van der Waals surface area contributed by atoms with Crippen LogP contribution in [-0.2, 0) is 6.42 Å². The second kappa shape index (κ2) is 5.64. The second-order valence-electron chi connectivity index (χ2n) is 4.56. The summed E-state index contributed by atoms with van der Waals surface area (Å²) in [5, 5.41) is 18.3. The Morgan fingerprint density at radius 1 is 1.00 bits per heavy atom. The smallest absolute Gasteiger partial charge is 0.157 e. The molecule has 0 fully saturated rings. The van der Waals surface area contributed by atoms with Gasteiger partial charge in [0.2, 0.25) is 0 Å². The van der Waals surface area contributed by atoms with Crippen LogP contribution in [0.3, 0.4) is 0 Å². The summed E-state index contributed by atoms with van der Waals surface area (Å²) in [6.07, 6.45) is 0.890. The molecule has 0 saturated carbocycles. The summed E-state index contributed by atoms with van der Waals surface area (Å²) in [5.41, 5.74) is 1.24. The van der Waals surface area contributed by atoms with Crippen LogP contribution < -0.4 is 0 Å². The second-order valence-corrected chi connectivity index (χ2v) is 4.56. The van der Waals surface area contributed by atoms with E-state index in [1.165, 1.54) is 6.07 Å². The van der Waals surface area contributed by atoms with E-state index in [1.54, 1.807) is 6.07 Å². The van der Waals surface area contributed by atoms with Gasteiger partial charge in [-0.25, -0.2) is 0 Å². The summed E-state index contributed by atoms with van der Waals surface area (Å²) in [7, 11) is 0. The van der Waals surface area contributed by atoms with Crippen LogP contribution in [0.4, 0.5) is 0 Å². The van der Waals surface area contributed by atoms with Crippen molar-refractivity contribution in [3.8, 4) is 11.5 Å². The van der Waals surface area contributed by atoms with Gasteiger partial charge in [-0.3, -0.25) is 0 Å². The number of phenols is 2. The number of benzene rings is 1. The van der Waals surface area contributed by atoms with E-state index in [9.17, 15) is 5.11 Å². The molecule has 2 heteroatoms. The summed E-state index contributed by atoms with van der Waals surface area (Å²) in [5.74, 6) is -0.0978. The summed E-state index contributed by atoms with van der Waals surface area (Å²) in [6.45, 7) is 10.4. The first kappa shape index (κ1) is 13.8. The van der Waals surface area contributed by atoms with Gasteiger partial charge < -0.3 is 10.2 Å². The van der Waals surface area contributed by atoms with Crippen molar-refractivity contribution >= 4 is 0 Å². The fourth-order valence-corrected chi connectivity index (χ4v) is 1.29. The van der Waals surface area contributed by atoms with Crippen LogP contribution in [0.5, 0.6) is 11.5 Å². The van der Waals surface area contributed by atoms with Gasteiger partial charge in [0.1, 0.15) is 0 Å². The molecule has 1 aromatic carbocycles. The van der Waals surface area contributed by atoms with Gasteiger partial charge in [0, 0.05) is 0 Å². The topological polar surface area (TPSA) is 40.5 Å². The molecular formula is C13H22O2. The summed E-state index contributed by atoms with van der Waals surface area (Å²) in [4.78, 5) is 0. The van der Waals surface area contributed by atoms with E-state index in [1.807, 2.05) is 19.9 Å². The molecule has 0 saturated heterocycles. The SMILES string of the molecule is CC.CC(C)(C)Cc1ccc(O)c(O)c1. The third-order valence-corrected chi connectivity index (χ3v) is 1.77. The Morgan fingerprint density at radius 2 is 1.53 bits per heavy atom. The highest BCUT2D eigenvalue weighted by Gasteiger charge is 2.12. The maximum Gasteiger partial charge on any atom is 0.157 e. The van der Waals surface area contributed by atoms with E-state index >= 15 is 0 Å². The molecule has 0 atom stereocenters. The normalized spacial score (nSPS) is 10.5. The molecule has 1 rings (SSSR count). The molecular weight excluding hydrogens is 188 g/mol. The Bertz CT molecular complexity index is 298. The highest BCUT2D eigenvalue weighted by Crippen LogP contribution is 2.28. The molecule has 0 heterocycles. The van der Waals surface area contributed by atoms with Crippen molar-refractivity contribution in [2.45, 2.75) is 41.0 Å². The van der Waals surface area contributed by atoms with E-state index in [0.717, 1.165) is 12.0 Å². The maximum atomic E-state index is 9.25. The predicted molar refractivity (Wildman–Crippen MR) is 64.3 cm³/mol. The lowest BCUT2D eigenvalue weighted by Crippen LogP contribution is -2.08.